The molecule has 9 heteroatoms. The predicted octanol–water partition coefficient (Wildman–Crippen LogP) is 3.25. The molecule has 1 aliphatic carbocycles. The second-order valence-corrected chi connectivity index (χ2v) is 8.93. The van der Waals surface area contributed by atoms with E-state index in [1.165, 1.54) is 18.4 Å². The van der Waals surface area contributed by atoms with Crippen molar-refractivity contribution >= 4 is 46.6 Å². The van der Waals surface area contributed by atoms with Crippen molar-refractivity contribution in [2.24, 2.45) is 5.92 Å². The molecule has 5 rings (SSSR count). The van der Waals surface area contributed by atoms with Gasteiger partial charge >= 0.3 is 0 Å². The first-order valence-electron chi connectivity index (χ1n) is 8.82. The van der Waals surface area contributed by atoms with Gasteiger partial charge in [-0.2, -0.15) is 4.37 Å². The van der Waals surface area contributed by atoms with E-state index in [1.54, 1.807) is 0 Å². The monoisotopic (exact) mass is 409 g/mol. The molecule has 0 unspecified atom stereocenters. The molecule has 0 aromatic carbocycles. The molecule has 4 heterocycles. The average Bonchev–Trinajstić information content (AvgIpc) is 3.39. The number of aromatic nitrogens is 3. The Morgan fingerprint density at radius 3 is 2.77 bits per heavy atom. The summed E-state index contributed by atoms with van der Waals surface area (Å²) in [6.07, 6.45) is 5.31. The SMILES string of the molecule is O=C(c1nsc(Cl)c1Cl)N1C[C@H]2Cc3cnc(N4CCCC4)nc3[C@H]2C1. The van der Waals surface area contributed by atoms with Gasteiger partial charge in [0.15, 0.2) is 5.69 Å². The maximum Gasteiger partial charge on any atom is 0.275 e. The fourth-order valence-corrected chi connectivity index (χ4v) is 5.32. The van der Waals surface area contributed by atoms with Crippen LogP contribution in [0.15, 0.2) is 6.20 Å². The number of nitrogens with zero attached hydrogens (tertiary/aromatic N) is 5. The molecule has 2 saturated heterocycles. The molecule has 3 aliphatic rings. The van der Waals surface area contributed by atoms with E-state index in [0.717, 1.165) is 42.7 Å². The highest BCUT2D eigenvalue weighted by Gasteiger charge is 2.44. The molecule has 0 N–H and O–H groups in total. The predicted molar refractivity (Wildman–Crippen MR) is 101 cm³/mol. The van der Waals surface area contributed by atoms with Crippen molar-refractivity contribution in [1.82, 2.24) is 19.2 Å². The van der Waals surface area contributed by atoms with Crippen LogP contribution in [0.3, 0.4) is 0 Å². The number of carbonyl (C=O) groups excluding carboxylic acids is 1. The number of carbonyl (C=O) groups is 1. The lowest BCUT2D eigenvalue weighted by molar-refractivity contribution is 0.0780. The molecule has 136 valence electrons. The summed E-state index contributed by atoms with van der Waals surface area (Å²) in [4.78, 5) is 26.3. The molecule has 2 aromatic rings. The highest BCUT2D eigenvalue weighted by molar-refractivity contribution is 7.11. The van der Waals surface area contributed by atoms with Gasteiger partial charge in [0, 0.05) is 38.3 Å². The third kappa shape index (κ3) is 2.60. The Bertz CT molecular complexity index is 882. The number of halogens is 2. The summed E-state index contributed by atoms with van der Waals surface area (Å²) in [5, 5.41) is 0.262. The molecule has 2 atom stereocenters. The molecular formula is C17H17Cl2N5OS. The van der Waals surface area contributed by atoms with E-state index in [4.69, 9.17) is 28.2 Å². The topological polar surface area (TPSA) is 62.2 Å². The van der Waals surface area contributed by atoms with Crippen molar-refractivity contribution in [1.29, 1.82) is 0 Å². The second-order valence-electron chi connectivity index (χ2n) is 7.17. The highest BCUT2D eigenvalue weighted by atomic mass is 35.5. The molecule has 0 radical (unpaired) electrons. The maximum atomic E-state index is 12.8. The van der Waals surface area contributed by atoms with Crippen LogP contribution < -0.4 is 4.90 Å². The summed E-state index contributed by atoms with van der Waals surface area (Å²) in [5.74, 6) is 1.36. The van der Waals surface area contributed by atoms with Gasteiger partial charge < -0.3 is 9.80 Å². The van der Waals surface area contributed by atoms with Crippen molar-refractivity contribution in [3.63, 3.8) is 0 Å². The number of hydrogen-bond donors (Lipinski definition) is 0. The summed E-state index contributed by atoms with van der Waals surface area (Å²) in [5.41, 5.74) is 2.61. The van der Waals surface area contributed by atoms with E-state index >= 15 is 0 Å². The van der Waals surface area contributed by atoms with E-state index in [1.807, 2.05) is 11.1 Å². The molecule has 0 saturated carbocycles. The first-order valence-corrected chi connectivity index (χ1v) is 10.4. The molecule has 2 aliphatic heterocycles. The quantitative estimate of drug-likeness (QED) is 0.761. The van der Waals surface area contributed by atoms with Crippen LogP contribution in [0.2, 0.25) is 9.36 Å². The van der Waals surface area contributed by atoms with Gasteiger partial charge in [0.25, 0.3) is 5.91 Å². The molecule has 0 spiro atoms. The van der Waals surface area contributed by atoms with Crippen molar-refractivity contribution < 1.29 is 4.79 Å². The Balaban J connectivity index is 1.38. The average molecular weight is 410 g/mol. The zero-order chi connectivity index (χ0) is 17.8. The number of hydrogen-bond acceptors (Lipinski definition) is 6. The van der Waals surface area contributed by atoms with Gasteiger partial charge in [-0.25, -0.2) is 9.97 Å². The van der Waals surface area contributed by atoms with Crippen LogP contribution in [-0.4, -0.2) is 51.3 Å². The molecule has 26 heavy (non-hydrogen) atoms. The summed E-state index contributed by atoms with van der Waals surface area (Å²) in [7, 11) is 0. The van der Waals surface area contributed by atoms with Crippen LogP contribution in [0.25, 0.3) is 0 Å². The summed E-state index contributed by atoms with van der Waals surface area (Å²) in [6, 6.07) is 0. The van der Waals surface area contributed by atoms with Crippen molar-refractivity contribution in [2.75, 3.05) is 31.1 Å². The van der Waals surface area contributed by atoms with E-state index < -0.39 is 0 Å². The largest absolute Gasteiger partial charge is 0.341 e. The smallest absolute Gasteiger partial charge is 0.275 e. The lowest BCUT2D eigenvalue weighted by Crippen LogP contribution is -2.30. The maximum absolute atomic E-state index is 12.8. The van der Waals surface area contributed by atoms with E-state index in [0.29, 0.717) is 23.3 Å². The first kappa shape index (κ1) is 16.7. The molecule has 2 aromatic heterocycles. The minimum atomic E-state index is -0.136. The van der Waals surface area contributed by atoms with Crippen LogP contribution in [0.4, 0.5) is 5.95 Å². The van der Waals surface area contributed by atoms with E-state index in [-0.39, 0.29) is 22.5 Å². The van der Waals surface area contributed by atoms with Crippen molar-refractivity contribution in [2.45, 2.75) is 25.2 Å². The Morgan fingerprint density at radius 2 is 2.04 bits per heavy atom. The third-order valence-corrected chi connectivity index (χ3v) is 7.25. The molecule has 2 fully saturated rings. The number of fused-ring (bicyclic) bond motifs is 3. The van der Waals surface area contributed by atoms with Gasteiger partial charge in [0.1, 0.15) is 9.36 Å². The lowest BCUT2D eigenvalue weighted by Gasteiger charge is -2.18. The Hall–Kier alpha value is -1.44. The van der Waals surface area contributed by atoms with Crippen LogP contribution in [-0.2, 0) is 6.42 Å². The molecule has 0 bridgehead atoms. The molecule has 1 amide bonds. The Morgan fingerprint density at radius 1 is 1.23 bits per heavy atom. The number of rotatable bonds is 2. The van der Waals surface area contributed by atoms with Gasteiger partial charge in [-0.05, 0) is 42.3 Å². The van der Waals surface area contributed by atoms with Crippen LogP contribution in [0, 0.1) is 5.92 Å². The second kappa shape index (κ2) is 6.32. The Kier molecular flexibility index (Phi) is 4.06. The minimum Gasteiger partial charge on any atom is -0.341 e. The minimum absolute atomic E-state index is 0.136. The third-order valence-electron chi connectivity index (χ3n) is 5.64. The summed E-state index contributed by atoms with van der Waals surface area (Å²) < 4.78 is 4.48. The fourth-order valence-electron chi connectivity index (χ4n) is 4.34. The van der Waals surface area contributed by atoms with Crippen molar-refractivity contribution in [3.05, 3.63) is 32.5 Å². The zero-order valence-electron chi connectivity index (χ0n) is 14.0. The van der Waals surface area contributed by atoms with Gasteiger partial charge in [0.2, 0.25) is 5.95 Å². The number of amides is 1. The standard InChI is InChI=1S/C17H17Cl2N5OS/c18-12-14(22-26-15(12)19)16(25)24-7-10-5-9-6-20-17(23-3-1-2-4-23)21-13(9)11(10)8-24/h6,10-11H,1-5,7-8H2/t10-,11+/m1/s1. The number of anilines is 1. The van der Waals surface area contributed by atoms with Gasteiger partial charge in [-0.3, -0.25) is 4.79 Å². The first-order chi connectivity index (χ1) is 12.6. The molecule has 6 nitrogen and oxygen atoms in total. The number of likely N-dealkylation sites (tertiary alicyclic amines) is 1. The Labute approximate surface area is 165 Å². The van der Waals surface area contributed by atoms with E-state index in [2.05, 4.69) is 14.3 Å². The van der Waals surface area contributed by atoms with Gasteiger partial charge in [-0.15, -0.1) is 0 Å². The van der Waals surface area contributed by atoms with Crippen molar-refractivity contribution in [3.8, 4) is 0 Å². The van der Waals surface area contributed by atoms with Crippen LogP contribution in [0.5, 0.6) is 0 Å². The van der Waals surface area contributed by atoms with Gasteiger partial charge in [-0.1, -0.05) is 23.2 Å². The lowest BCUT2D eigenvalue weighted by atomic mass is 9.99. The van der Waals surface area contributed by atoms with E-state index in [9.17, 15) is 4.79 Å². The van der Waals surface area contributed by atoms with Crippen LogP contribution >= 0.6 is 34.7 Å². The van der Waals surface area contributed by atoms with Crippen LogP contribution in [0.1, 0.15) is 40.5 Å². The highest BCUT2D eigenvalue weighted by Crippen LogP contribution is 2.43. The molecular weight excluding hydrogens is 393 g/mol. The summed E-state index contributed by atoms with van der Waals surface area (Å²) >= 11 is 13.1. The normalized spacial score (nSPS) is 24.2. The summed E-state index contributed by atoms with van der Waals surface area (Å²) in [6.45, 7) is 3.41. The zero-order valence-corrected chi connectivity index (χ0v) is 16.3. The fraction of sp³-hybridized carbons (Fsp3) is 0.529. The van der Waals surface area contributed by atoms with Gasteiger partial charge in [0.05, 0.1) is 5.69 Å².